The van der Waals surface area contributed by atoms with E-state index in [1.807, 2.05) is 45.0 Å². The normalized spacial score (nSPS) is 28.9. The molecule has 2 amide bonds. The van der Waals surface area contributed by atoms with Crippen molar-refractivity contribution in [2.45, 2.75) is 27.2 Å². The fourth-order valence-electron chi connectivity index (χ4n) is 3.53. The summed E-state index contributed by atoms with van der Waals surface area (Å²) in [6, 6.07) is 5.86. The van der Waals surface area contributed by atoms with Gasteiger partial charge in [0.05, 0.1) is 17.5 Å². The average molecular weight is 269 g/mol. The van der Waals surface area contributed by atoms with Gasteiger partial charge < -0.3 is 0 Å². The van der Waals surface area contributed by atoms with Crippen molar-refractivity contribution in [1.82, 2.24) is 0 Å². The smallest absolute Gasteiger partial charge is 0.238 e. The number of carbonyl (C=O) groups is 2. The maximum atomic E-state index is 12.7. The van der Waals surface area contributed by atoms with E-state index in [0.29, 0.717) is 6.42 Å². The van der Waals surface area contributed by atoms with Crippen molar-refractivity contribution in [3.63, 3.8) is 0 Å². The Bertz CT molecular complexity index is 597. The second kappa shape index (κ2) is 4.58. The Morgan fingerprint density at radius 3 is 2.35 bits per heavy atom. The standard InChI is InChI=1S/C17H19NO2/c1-10-6-5-9-13-14(10)17(20)18(16(13)19)15-11(2)7-4-8-12(15)3/h4-8,10,13-14H,9H2,1-3H3/t10-,13-,14+/m1/s1. The molecule has 0 unspecified atom stereocenters. The summed E-state index contributed by atoms with van der Waals surface area (Å²) < 4.78 is 0. The van der Waals surface area contributed by atoms with Crippen LogP contribution in [0, 0.1) is 31.6 Å². The summed E-state index contributed by atoms with van der Waals surface area (Å²) >= 11 is 0. The van der Waals surface area contributed by atoms with Crippen LogP contribution in [0.4, 0.5) is 5.69 Å². The molecule has 1 aliphatic carbocycles. The van der Waals surface area contributed by atoms with Crippen LogP contribution >= 0.6 is 0 Å². The highest BCUT2D eigenvalue weighted by Gasteiger charge is 2.50. The number of aryl methyl sites for hydroxylation is 2. The third-order valence-corrected chi connectivity index (χ3v) is 4.54. The molecule has 0 bridgehead atoms. The molecule has 0 spiro atoms. The molecule has 3 heteroatoms. The zero-order valence-electron chi connectivity index (χ0n) is 12.1. The van der Waals surface area contributed by atoms with Gasteiger partial charge >= 0.3 is 0 Å². The van der Waals surface area contributed by atoms with Gasteiger partial charge in [0.2, 0.25) is 11.8 Å². The maximum absolute atomic E-state index is 12.7. The van der Waals surface area contributed by atoms with Crippen molar-refractivity contribution in [1.29, 1.82) is 0 Å². The molecule has 20 heavy (non-hydrogen) atoms. The number of amides is 2. The lowest BCUT2D eigenvalue weighted by atomic mass is 9.78. The number of fused-ring (bicyclic) bond motifs is 1. The maximum Gasteiger partial charge on any atom is 0.238 e. The van der Waals surface area contributed by atoms with Gasteiger partial charge in [-0.2, -0.15) is 0 Å². The molecule has 0 radical (unpaired) electrons. The van der Waals surface area contributed by atoms with Crippen molar-refractivity contribution < 1.29 is 9.59 Å². The summed E-state index contributed by atoms with van der Waals surface area (Å²) in [5.74, 6) is -0.296. The summed E-state index contributed by atoms with van der Waals surface area (Å²) in [6.07, 6.45) is 4.77. The molecular weight excluding hydrogens is 250 g/mol. The number of anilines is 1. The predicted octanol–water partition coefficient (Wildman–Crippen LogP) is 3.01. The molecule has 3 nitrogen and oxygen atoms in total. The minimum absolute atomic E-state index is 0.0331. The molecule has 1 fully saturated rings. The first kappa shape index (κ1) is 13.1. The molecule has 1 saturated heterocycles. The van der Waals surface area contributed by atoms with E-state index in [9.17, 15) is 9.59 Å². The van der Waals surface area contributed by atoms with Crippen molar-refractivity contribution in [2.24, 2.45) is 17.8 Å². The molecular formula is C17H19NO2. The third-order valence-electron chi connectivity index (χ3n) is 4.54. The number of hydrogen-bond acceptors (Lipinski definition) is 2. The number of benzene rings is 1. The number of para-hydroxylation sites is 1. The van der Waals surface area contributed by atoms with Gasteiger partial charge in [-0.05, 0) is 37.3 Å². The van der Waals surface area contributed by atoms with Crippen molar-refractivity contribution >= 4 is 17.5 Å². The molecule has 0 saturated carbocycles. The van der Waals surface area contributed by atoms with Crippen LogP contribution in [0.5, 0.6) is 0 Å². The largest absolute Gasteiger partial charge is 0.274 e. The van der Waals surface area contributed by atoms with E-state index in [1.165, 1.54) is 4.90 Å². The van der Waals surface area contributed by atoms with Gasteiger partial charge in [0.15, 0.2) is 0 Å². The van der Waals surface area contributed by atoms with E-state index in [2.05, 4.69) is 6.08 Å². The monoisotopic (exact) mass is 269 g/mol. The van der Waals surface area contributed by atoms with E-state index in [4.69, 9.17) is 0 Å². The van der Waals surface area contributed by atoms with Gasteiger partial charge in [0, 0.05) is 0 Å². The molecule has 104 valence electrons. The number of hydrogen-bond donors (Lipinski definition) is 0. The van der Waals surface area contributed by atoms with Gasteiger partial charge in [-0.3, -0.25) is 9.59 Å². The molecule has 2 aliphatic rings. The van der Waals surface area contributed by atoms with Gasteiger partial charge in [-0.15, -0.1) is 0 Å². The van der Waals surface area contributed by atoms with E-state index in [0.717, 1.165) is 16.8 Å². The van der Waals surface area contributed by atoms with Gasteiger partial charge in [-0.25, -0.2) is 4.90 Å². The Morgan fingerprint density at radius 1 is 1.10 bits per heavy atom. The second-order valence-corrected chi connectivity index (χ2v) is 5.91. The highest BCUT2D eigenvalue weighted by atomic mass is 16.2. The van der Waals surface area contributed by atoms with Crippen LogP contribution in [-0.4, -0.2) is 11.8 Å². The summed E-state index contributed by atoms with van der Waals surface area (Å²) in [7, 11) is 0. The van der Waals surface area contributed by atoms with Crippen LogP contribution in [0.2, 0.25) is 0 Å². The molecule has 3 rings (SSSR count). The van der Waals surface area contributed by atoms with E-state index >= 15 is 0 Å². The van der Waals surface area contributed by atoms with E-state index < -0.39 is 0 Å². The number of nitrogens with zero attached hydrogens (tertiary/aromatic N) is 1. The lowest BCUT2D eigenvalue weighted by Gasteiger charge is -2.22. The SMILES string of the molecule is Cc1cccc(C)c1N1C(=O)[C@H]2[C@H](C)C=CC[C@H]2C1=O. The Morgan fingerprint density at radius 2 is 1.75 bits per heavy atom. The Kier molecular flexibility index (Phi) is 3.00. The third kappa shape index (κ3) is 1.73. The van der Waals surface area contributed by atoms with Crippen LogP contribution in [-0.2, 0) is 9.59 Å². The zero-order valence-corrected chi connectivity index (χ0v) is 12.1. The highest BCUT2D eigenvalue weighted by Crippen LogP contribution is 2.41. The molecule has 3 atom stereocenters. The Balaban J connectivity index is 2.08. The summed E-state index contributed by atoms with van der Waals surface area (Å²) in [6.45, 7) is 5.92. The highest BCUT2D eigenvalue weighted by molar-refractivity contribution is 6.23. The minimum atomic E-state index is -0.188. The first-order valence-electron chi connectivity index (χ1n) is 7.13. The lowest BCUT2D eigenvalue weighted by molar-refractivity contribution is -0.122. The zero-order chi connectivity index (χ0) is 14.4. The van der Waals surface area contributed by atoms with Crippen LogP contribution < -0.4 is 4.90 Å². The first-order chi connectivity index (χ1) is 9.52. The molecule has 1 heterocycles. The topological polar surface area (TPSA) is 37.4 Å². The lowest BCUT2D eigenvalue weighted by Crippen LogP contribution is -2.32. The predicted molar refractivity (Wildman–Crippen MR) is 78.3 cm³/mol. The van der Waals surface area contributed by atoms with E-state index in [-0.39, 0.29) is 29.6 Å². The van der Waals surface area contributed by atoms with Gasteiger partial charge in [0.1, 0.15) is 0 Å². The fourth-order valence-corrected chi connectivity index (χ4v) is 3.53. The molecule has 0 N–H and O–H groups in total. The summed E-state index contributed by atoms with van der Waals surface area (Å²) in [5, 5.41) is 0. The van der Waals surface area contributed by atoms with Crippen molar-refractivity contribution in [3.8, 4) is 0 Å². The number of rotatable bonds is 1. The number of imide groups is 1. The van der Waals surface area contributed by atoms with Crippen molar-refractivity contribution in [3.05, 3.63) is 41.5 Å². The Hall–Kier alpha value is -1.90. The van der Waals surface area contributed by atoms with Gasteiger partial charge in [-0.1, -0.05) is 37.3 Å². The summed E-state index contributed by atoms with van der Waals surface area (Å²) in [5.41, 5.74) is 2.74. The molecule has 1 aromatic rings. The van der Waals surface area contributed by atoms with Crippen LogP contribution in [0.15, 0.2) is 30.4 Å². The number of carbonyl (C=O) groups excluding carboxylic acids is 2. The van der Waals surface area contributed by atoms with E-state index in [1.54, 1.807) is 0 Å². The van der Waals surface area contributed by atoms with Crippen LogP contribution in [0.1, 0.15) is 24.5 Å². The molecule has 0 aromatic heterocycles. The van der Waals surface area contributed by atoms with Crippen LogP contribution in [0.3, 0.4) is 0 Å². The van der Waals surface area contributed by atoms with Crippen molar-refractivity contribution in [2.75, 3.05) is 4.90 Å². The average Bonchev–Trinajstić information content (AvgIpc) is 2.65. The quantitative estimate of drug-likeness (QED) is 0.580. The molecule has 1 aromatic carbocycles. The molecule has 1 aliphatic heterocycles. The first-order valence-corrected chi connectivity index (χ1v) is 7.13. The number of allylic oxidation sites excluding steroid dienone is 2. The van der Waals surface area contributed by atoms with Gasteiger partial charge in [0.25, 0.3) is 0 Å². The fraction of sp³-hybridized carbons (Fsp3) is 0.412. The second-order valence-electron chi connectivity index (χ2n) is 5.91. The summed E-state index contributed by atoms with van der Waals surface area (Å²) in [4.78, 5) is 26.8. The van der Waals surface area contributed by atoms with Crippen LogP contribution in [0.25, 0.3) is 0 Å². The Labute approximate surface area is 119 Å². The minimum Gasteiger partial charge on any atom is -0.274 e.